The van der Waals surface area contributed by atoms with Gasteiger partial charge < -0.3 is 24.2 Å². The van der Waals surface area contributed by atoms with Gasteiger partial charge in [0.15, 0.2) is 0 Å². The number of carbonyl (C=O) groups is 1. The highest BCUT2D eigenvalue weighted by Gasteiger charge is 2.30. The van der Waals surface area contributed by atoms with Gasteiger partial charge in [-0.05, 0) is 43.3 Å². The van der Waals surface area contributed by atoms with Crippen LogP contribution >= 0.6 is 0 Å². The fraction of sp³-hybridized carbons (Fsp3) is 0.273. The maximum Gasteiger partial charge on any atom is 0.263 e. The van der Waals surface area contributed by atoms with E-state index in [-0.39, 0.29) is 16.8 Å². The van der Waals surface area contributed by atoms with Crippen molar-refractivity contribution in [3.63, 3.8) is 0 Å². The Labute approximate surface area is 173 Å². The smallest absolute Gasteiger partial charge is 0.263 e. The predicted molar refractivity (Wildman–Crippen MR) is 110 cm³/mol. The van der Waals surface area contributed by atoms with Crippen molar-refractivity contribution in [2.75, 3.05) is 43.1 Å². The Hall–Kier alpha value is -3.39. The summed E-state index contributed by atoms with van der Waals surface area (Å²) in [5, 5.41) is 6.89. The summed E-state index contributed by atoms with van der Waals surface area (Å²) < 4.78 is 30.8. The summed E-state index contributed by atoms with van der Waals surface area (Å²) in [6, 6.07) is 13.2. The van der Waals surface area contributed by atoms with Crippen LogP contribution in [0, 0.1) is 5.82 Å². The van der Waals surface area contributed by atoms with Gasteiger partial charge in [-0.1, -0.05) is 17.3 Å². The van der Waals surface area contributed by atoms with Crippen molar-refractivity contribution in [3.05, 3.63) is 59.9 Å². The highest BCUT2D eigenvalue weighted by Crippen LogP contribution is 2.33. The molecule has 0 radical (unpaired) electrons. The Morgan fingerprint density at radius 2 is 1.90 bits per heavy atom. The molecular formula is C22H22FN3O4. The molecule has 1 saturated heterocycles. The van der Waals surface area contributed by atoms with E-state index in [4.69, 9.17) is 14.0 Å². The molecule has 1 amide bonds. The van der Waals surface area contributed by atoms with E-state index in [9.17, 15) is 9.18 Å². The molecule has 0 bridgehead atoms. The zero-order valence-corrected chi connectivity index (χ0v) is 16.6. The van der Waals surface area contributed by atoms with Gasteiger partial charge in [0.25, 0.3) is 5.91 Å². The molecule has 0 saturated carbocycles. The van der Waals surface area contributed by atoms with Crippen LogP contribution in [0.15, 0.2) is 53.1 Å². The summed E-state index contributed by atoms with van der Waals surface area (Å²) in [5.41, 5.74) is 1.14. The first kappa shape index (κ1) is 19.9. The number of ether oxygens (including phenoxy) is 2. The van der Waals surface area contributed by atoms with E-state index in [0.29, 0.717) is 50.2 Å². The average molecular weight is 411 g/mol. The molecule has 0 unspecified atom stereocenters. The lowest BCUT2D eigenvalue weighted by molar-refractivity contribution is 0.102. The largest absolute Gasteiger partial charge is 0.494 e. The first-order valence-corrected chi connectivity index (χ1v) is 9.79. The lowest BCUT2D eigenvalue weighted by Gasteiger charge is -2.26. The van der Waals surface area contributed by atoms with Crippen LogP contribution in [-0.4, -0.2) is 44.0 Å². The van der Waals surface area contributed by atoms with Gasteiger partial charge in [-0.15, -0.1) is 0 Å². The Balaban J connectivity index is 1.69. The first-order chi connectivity index (χ1) is 14.7. The number of amides is 1. The minimum absolute atomic E-state index is 0.165. The van der Waals surface area contributed by atoms with Crippen LogP contribution in [-0.2, 0) is 4.74 Å². The zero-order chi connectivity index (χ0) is 20.9. The second-order valence-electron chi connectivity index (χ2n) is 6.70. The summed E-state index contributed by atoms with van der Waals surface area (Å²) in [4.78, 5) is 15.1. The molecule has 1 aromatic heterocycles. The molecule has 156 valence electrons. The number of hydrogen-bond acceptors (Lipinski definition) is 6. The Morgan fingerprint density at radius 1 is 1.17 bits per heavy atom. The van der Waals surface area contributed by atoms with Crippen LogP contribution in [0.1, 0.15) is 17.3 Å². The minimum Gasteiger partial charge on any atom is -0.494 e. The quantitative estimate of drug-likeness (QED) is 0.662. The Morgan fingerprint density at radius 3 is 2.60 bits per heavy atom. The highest BCUT2D eigenvalue weighted by atomic mass is 19.1. The lowest BCUT2D eigenvalue weighted by atomic mass is 10.1. The van der Waals surface area contributed by atoms with Crippen LogP contribution < -0.4 is 15.0 Å². The first-order valence-electron chi connectivity index (χ1n) is 9.79. The van der Waals surface area contributed by atoms with Crippen LogP contribution in [0.3, 0.4) is 0 Å². The van der Waals surface area contributed by atoms with Gasteiger partial charge in [-0.2, -0.15) is 0 Å². The van der Waals surface area contributed by atoms with E-state index in [1.54, 1.807) is 42.5 Å². The highest BCUT2D eigenvalue weighted by molar-refractivity contribution is 6.11. The molecular weight excluding hydrogens is 389 g/mol. The standard InChI is InChI=1S/C22H22FN3O4/c1-2-29-16-9-7-15(8-10-16)24-21(27)19-20(17-5-3-4-6-18(17)23)25-30-22(19)26-11-13-28-14-12-26/h3-10H,2,11-14H2,1H3,(H,24,27). The lowest BCUT2D eigenvalue weighted by Crippen LogP contribution is -2.37. The molecule has 0 spiro atoms. The summed E-state index contributed by atoms with van der Waals surface area (Å²) in [6.45, 7) is 4.58. The van der Waals surface area contributed by atoms with Gasteiger partial charge in [-0.3, -0.25) is 4.79 Å². The number of carbonyl (C=O) groups excluding carboxylic acids is 1. The minimum atomic E-state index is -0.477. The van der Waals surface area contributed by atoms with Gasteiger partial charge >= 0.3 is 0 Å². The Kier molecular flexibility index (Phi) is 5.94. The third kappa shape index (κ3) is 4.13. The van der Waals surface area contributed by atoms with E-state index in [1.165, 1.54) is 6.07 Å². The molecule has 0 atom stereocenters. The summed E-state index contributed by atoms with van der Waals surface area (Å²) in [7, 11) is 0. The molecule has 4 rings (SSSR count). The number of morpholine rings is 1. The van der Waals surface area contributed by atoms with Gasteiger partial charge in [0.1, 0.15) is 22.8 Å². The molecule has 2 heterocycles. The number of nitrogens with zero attached hydrogens (tertiary/aromatic N) is 2. The number of halogens is 1. The Bertz CT molecular complexity index is 1010. The number of rotatable bonds is 6. The molecule has 1 fully saturated rings. The van der Waals surface area contributed by atoms with E-state index in [2.05, 4.69) is 10.5 Å². The van der Waals surface area contributed by atoms with Crippen molar-refractivity contribution in [2.45, 2.75) is 6.92 Å². The third-order valence-electron chi connectivity index (χ3n) is 4.75. The fourth-order valence-corrected chi connectivity index (χ4v) is 3.30. The molecule has 3 aromatic rings. The van der Waals surface area contributed by atoms with Crippen molar-refractivity contribution in [3.8, 4) is 17.0 Å². The van der Waals surface area contributed by atoms with E-state index >= 15 is 0 Å². The normalized spacial score (nSPS) is 13.9. The van der Waals surface area contributed by atoms with E-state index in [0.717, 1.165) is 0 Å². The number of benzene rings is 2. The van der Waals surface area contributed by atoms with Gasteiger partial charge in [0.05, 0.1) is 19.8 Å². The second kappa shape index (κ2) is 8.96. The topological polar surface area (TPSA) is 76.8 Å². The van der Waals surface area contributed by atoms with Gasteiger partial charge in [-0.25, -0.2) is 4.39 Å². The van der Waals surface area contributed by atoms with Crippen LogP contribution in [0.4, 0.5) is 16.0 Å². The van der Waals surface area contributed by atoms with Crippen molar-refractivity contribution in [2.24, 2.45) is 0 Å². The van der Waals surface area contributed by atoms with Crippen LogP contribution in [0.5, 0.6) is 5.75 Å². The summed E-state index contributed by atoms with van der Waals surface area (Å²) >= 11 is 0. The summed E-state index contributed by atoms with van der Waals surface area (Å²) in [5.74, 6) is 0.108. The number of aromatic nitrogens is 1. The van der Waals surface area contributed by atoms with Crippen LogP contribution in [0.2, 0.25) is 0 Å². The van der Waals surface area contributed by atoms with Gasteiger partial charge in [0, 0.05) is 24.3 Å². The molecule has 0 aliphatic carbocycles. The van der Waals surface area contributed by atoms with E-state index < -0.39 is 11.7 Å². The molecule has 30 heavy (non-hydrogen) atoms. The van der Waals surface area contributed by atoms with Crippen molar-refractivity contribution in [1.29, 1.82) is 0 Å². The fourth-order valence-electron chi connectivity index (χ4n) is 3.30. The SMILES string of the molecule is CCOc1ccc(NC(=O)c2c(-c3ccccc3F)noc2N2CCOCC2)cc1. The average Bonchev–Trinajstić information content (AvgIpc) is 3.21. The van der Waals surface area contributed by atoms with E-state index in [1.807, 2.05) is 11.8 Å². The molecule has 2 aromatic carbocycles. The maximum atomic E-state index is 14.5. The molecule has 8 heteroatoms. The summed E-state index contributed by atoms with van der Waals surface area (Å²) in [6.07, 6.45) is 0. The number of hydrogen-bond donors (Lipinski definition) is 1. The third-order valence-corrected chi connectivity index (χ3v) is 4.75. The molecule has 1 N–H and O–H groups in total. The van der Waals surface area contributed by atoms with Crippen molar-refractivity contribution in [1.82, 2.24) is 5.16 Å². The zero-order valence-electron chi connectivity index (χ0n) is 16.6. The predicted octanol–water partition coefficient (Wildman–Crippen LogP) is 3.97. The number of nitrogens with one attached hydrogen (secondary N) is 1. The van der Waals surface area contributed by atoms with Crippen molar-refractivity contribution >= 4 is 17.5 Å². The molecule has 7 nitrogen and oxygen atoms in total. The molecule has 1 aliphatic heterocycles. The molecule has 1 aliphatic rings. The van der Waals surface area contributed by atoms with Crippen molar-refractivity contribution < 1.29 is 23.2 Å². The van der Waals surface area contributed by atoms with Gasteiger partial charge in [0.2, 0.25) is 5.88 Å². The second-order valence-corrected chi connectivity index (χ2v) is 6.70. The maximum absolute atomic E-state index is 14.5. The van der Waals surface area contributed by atoms with Crippen LogP contribution in [0.25, 0.3) is 11.3 Å². The number of anilines is 2. The monoisotopic (exact) mass is 411 g/mol.